The molecule has 4 aromatic rings. The molecule has 5 nitrogen and oxygen atoms in total. The number of aryl methyl sites for hydroxylation is 1. The molecule has 0 aliphatic carbocycles. The molecule has 0 radical (unpaired) electrons. The van der Waals surface area contributed by atoms with Crippen LogP contribution in [0.2, 0.25) is 0 Å². The van der Waals surface area contributed by atoms with E-state index in [9.17, 15) is 4.79 Å². The number of aromatic nitrogens is 1. The first-order valence-electron chi connectivity index (χ1n) is 12.1. The van der Waals surface area contributed by atoms with E-state index in [4.69, 9.17) is 14.6 Å². The lowest BCUT2D eigenvalue weighted by Crippen LogP contribution is -2.02. The lowest BCUT2D eigenvalue weighted by atomic mass is 10.0. The van der Waals surface area contributed by atoms with Crippen LogP contribution in [0.1, 0.15) is 41.3 Å². The summed E-state index contributed by atoms with van der Waals surface area (Å²) in [5.74, 6) is 1.45. The van der Waals surface area contributed by atoms with Gasteiger partial charge >= 0.3 is 5.97 Å². The maximum absolute atomic E-state index is 11.0. The fourth-order valence-corrected chi connectivity index (χ4v) is 5.32. The molecule has 1 heterocycles. The number of thioether (sulfide) groups is 1. The minimum Gasteiger partial charge on any atom is -0.497 e. The van der Waals surface area contributed by atoms with Crippen LogP contribution in [0.5, 0.6) is 11.5 Å². The van der Waals surface area contributed by atoms with Crippen molar-refractivity contribution < 1.29 is 19.4 Å². The van der Waals surface area contributed by atoms with Gasteiger partial charge in [-0.15, -0.1) is 0 Å². The third kappa shape index (κ3) is 7.49. The molecular weight excluding hydrogens is 470 g/mol. The molecule has 0 bridgehead atoms. The van der Waals surface area contributed by atoms with Gasteiger partial charge in [-0.2, -0.15) is 11.8 Å². The first kappa shape index (κ1) is 25.6. The lowest BCUT2D eigenvalue weighted by molar-refractivity contribution is -0.136. The third-order valence-corrected chi connectivity index (χ3v) is 7.35. The first-order chi connectivity index (χ1) is 17.6. The van der Waals surface area contributed by atoms with Gasteiger partial charge in [0.25, 0.3) is 0 Å². The van der Waals surface area contributed by atoms with Gasteiger partial charge in [0.05, 0.1) is 24.7 Å². The Bertz CT molecular complexity index is 1260. The summed E-state index contributed by atoms with van der Waals surface area (Å²) in [6, 6.07) is 28.5. The van der Waals surface area contributed by atoms with E-state index in [1.165, 1.54) is 11.1 Å². The third-order valence-electron chi connectivity index (χ3n) is 6.00. The molecule has 0 aliphatic rings. The Labute approximate surface area is 216 Å². The topological polar surface area (TPSA) is 68.7 Å². The van der Waals surface area contributed by atoms with E-state index in [1.807, 2.05) is 48.5 Å². The van der Waals surface area contributed by atoms with Gasteiger partial charge in [0.15, 0.2) is 0 Å². The number of hydrogen-bond donors (Lipinski definition) is 1. The fourth-order valence-electron chi connectivity index (χ4n) is 4.06. The lowest BCUT2D eigenvalue weighted by Gasteiger charge is -2.17. The molecule has 4 rings (SSSR count). The van der Waals surface area contributed by atoms with Crippen molar-refractivity contribution in [2.24, 2.45) is 0 Å². The molecule has 3 aromatic carbocycles. The molecular formula is C30H31NO4S. The Morgan fingerprint density at radius 2 is 1.75 bits per heavy atom. The predicted molar refractivity (Wildman–Crippen MR) is 146 cm³/mol. The number of aliphatic carboxylic acids is 1. The molecule has 0 amide bonds. The zero-order valence-corrected chi connectivity index (χ0v) is 21.2. The number of fused-ring (bicyclic) bond motifs is 1. The first-order valence-corrected chi connectivity index (χ1v) is 13.2. The Hall–Kier alpha value is -3.51. The molecule has 1 unspecified atom stereocenters. The summed E-state index contributed by atoms with van der Waals surface area (Å²) in [4.78, 5) is 15.7. The zero-order chi connectivity index (χ0) is 25.2. The Morgan fingerprint density at radius 1 is 0.972 bits per heavy atom. The normalized spacial score (nSPS) is 11.8. The summed E-state index contributed by atoms with van der Waals surface area (Å²) < 4.78 is 11.3. The maximum atomic E-state index is 11.0. The van der Waals surface area contributed by atoms with E-state index in [2.05, 4.69) is 41.4 Å². The molecule has 1 aromatic heterocycles. The number of methoxy groups -OCH3 is 1. The molecule has 1 N–H and O–H groups in total. The van der Waals surface area contributed by atoms with Gasteiger partial charge in [-0.05, 0) is 66.8 Å². The van der Waals surface area contributed by atoms with Gasteiger partial charge in [0, 0.05) is 16.4 Å². The van der Waals surface area contributed by atoms with E-state index < -0.39 is 5.97 Å². The van der Waals surface area contributed by atoms with Crippen molar-refractivity contribution in [2.45, 2.75) is 37.5 Å². The number of nitrogens with zero attached hydrogens (tertiary/aromatic N) is 1. The highest BCUT2D eigenvalue weighted by molar-refractivity contribution is 7.99. The number of rotatable bonds is 13. The second-order valence-electron chi connectivity index (χ2n) is 8.60. The van der Waals surface area contributed by atoms with Crippen LogP contribution < -0.4 is 9.47 Å². The van der Waals surface area contributed by atoms with Crippen molar-refractivity contribution >= 4 is 28.6 Å². The summed E-state index contributed by atoms with van der Waals surface area (Å²) in [5.41, 5.74) is 4.30. The minimum absolute atomic E-state index is 0.173. The summed E-state index contributed by atoms with van der Waals surface area (Å²) in [5, 5.41) is 10.3. The van der Waals surface area contributed by atoms with Crippen molar-refractivity contribution in [3.8, 4) is 11.5 Å². The Morgan fingerprint density at radius 3 is 2.50 bits per heavy atom. The number of hydrogen-bond acceptors (Lipinski definition) is 5. The van der Waals surface area contributed by atoms with Crippen LogP contribution in [0.25, 0.3) is 10.9 Å². The van der Waals surface area contributed by atoms with Crippen LogP contribution in [0, 0.1) is 0 Å². The maximum Gasteiger partial charge on any atom is 0.304 e. The van der Waals surface area contributed by atoms with Gasteiger partial charge in [-0.3, -0.25) is 4.79 Å². The highest BCUT2D eigenvalue weighted by atomic mass is 32.2. The van der Waals surface area contributed by atoms with Crippen LogP contribution in [-0.2, 0) is 17.8 Å². The number of carbonyl (C=O) groups is 1. The number of benzene rings is 3. The molecule has 0 spiro atoms. The van der Waals surface area contributed by atoms with E-state index in [1.54, 1.807) is 18.9 Å². The summed E-state index contributed by atoms with van der Waals surface area (Å²) in [6.45, 7) is 0.384. The van der Waals surface area contributed by atoms with Crippen molar-refractivity contribution in [3.63, 3.8) is 0 Å². The van der Waals surface area contributed by atoms with Gasteiger partial charge in [0.1, 0.15) is 18.1 Å². The number of carboxylic acids is 1. The van der Waals surface area contributed by atoms with E-state index >= 15 is 0 Å². The SMILES string of the molecule is COc1ccc2nc(COc3ccc(C(CCCc4ccccc4)SCCC(=O)O)cc3)ccc2c1. The number of pyridine rings is 1. The van der Waals surface area contributed by atoms with Crippen LogP contribution in [0.3, 0.4) is 0 Å². The van der Waals surface area contributed by atoms with E-state index in [0.717, 1.165) is 47.4 Å². The quantitative estimate of drug-likeness (QED) is 0.211. The summed E-state index contributed by atoms with van der Waals surface area (Å²) >= 11 is 1.72. The van der Waals surface area contributed by atoms with Crippen molar-refractivity contribution in [2.75, 3.05) is 12.9 Å². The average Bonchev–Trinajstić information content (AvgIpc) is 2.91. The molecule has 0 saturated heterocycles. The van der Waals surface area contributed by atoms with E-state index in [0.29, 0.717) is 12.4 Å². The van der Waals surface area contributed by atoms with Gasteiger partial charge in [-0.25, -0.2) is 4.98 Å². The standard InChI is InChI=1S/C30H31NO4S/c1-34-27-16-17-28-24(20-27)10-13-25(31-28)21-35-26-14-11-23(12-15-26)29(36-19-18-30(32)33)9-5-8-22-6-3-2-4-7-22/h2-4,6-7,10-17,20,29H,5,8-9,18-19,21H2,1H3,(H,32,33). The largest absolute Gasteiger partial charge is 0.497 e. The van der Waals surface area contributed by atoms with Crippen molar-refractivity contribution in [1.29, 1.82) is 0 Å². The number of ether oxygens (including phenoxy) is 2. The fraction of sp³-hybridized carbons (Fsp3) is 0.267. The van der Waals surface area contributed by atoms with Crippen molar-refractivity contribution in [3.05, 3.63) is 102 Å². The van der Waals surface area contributed by atoms with Crippen molar-refractivity contribution in [1.82, 2.24) is 4.98 Å². The number of carboxylic acid groups (broad SMARTS) is 1. The second-order valence-corrected chi connectivity index (χ2v) is 9.91. The van der Waals surface area contributed by atoms with Gasteiger partial charge in [-0.1, -0.05) is 48.5 Å². The minimum atomic E-state index is -0.754. The van der Waals surface area contributed by atoms with Crippen LogP contribution >= 0.6 is 11.8 Å². The smallest absolute Gasteiger partial charge is 0.304 e. The predicted octanol–water partition coefficient (Wildman–Crippen LogP) is 7.09. The monoisotopic (exact) mass is 501 g/mol. The molecule has 0 fully saturated rings. The summed E-state index contributed by atoms with van der Waals surface area (Å²) in [7, 11) is 1.66. The van der Waals surface area contributed by atoms with Crippen LogP contribution in [0.15, 0.2) is 84.9 Å². The second kappa shape index (κ2) is 13.0. The molecule has 6 heteroatoms. The average molecular weight is 502 g/mol. The Kier molecular flexibility index (Phi) is 9.22. The van der Waals surface area contributed by atoms with Gasteiger partial charge in [0.2, 0.25) is 0 Å². The molecule has 0 aliphatic heterocycles. The highest BCUT2D eigenvalue weighted by Crippen LogP contribution is 2.35. The molecule has 0 saturated carbocycles. The molecule has 186 valence electrons. The van der Waals surface area contributed by atoms with E-state index in [-0.39, 0.29) is 11.7 Å². The highest BCUT2D eigenvalue weighted by Gasteiger charge is 2.14. The summed E-state index contributed by atoms with van der Waals surface area (Å²) in [6.07, 6.45) is 3.23. The van der Waals surface area contributed by atoms with Gasteiger partial charge < -0.3 is 14.6 Å². The molecule has 36 heavy (non-hydrogen) atoms. The Balaban J connectivity index is 1.36. The van der Waals surface area contributed by atoms with Crippen LogP contribution in [0.4, 0.5) is 0 Å². The zero-order valence-electron chi connectivity index (χ0n) is 20.4. The molecule has 1 atom stereocenters. The van der Waals surface area contributed by atoms with Crippen LogP contribution in [-0.4, -0.2) is 28.9 Å².